The fourth-order valence-electron chi connectivity index (χ4n) is 4.22. The van der Waals surface area contributed by atoms with Crippen LogP contribution >= 0.6 is 0 Å². The minimum Gasteiger partial charge on any atom is -0.493 e. The molecule has 0 saturated carbocycles. The predicted molar refractivity (Wildman–Crippen MR) is 123 cm³/mol. The van der Waals surface area contributed by atoms with E-state index in [4.69, 9.17) is 14.2 Å². The van der Waals surface area contributed by atoms with Crippen LogP contribution in [0.25, 0.3) is 0 Å². The predicted octanol–water partition coefficient (Wildman–Crippen LogP) is 3.04. The first-order valence-corrected chi connectivity index (χ1v) is 11.0. The number of aliphatic imine (C=N–C) groups is 1. The van der Waals surface area contributed by atoms with Crippen molar-refractivity contribution in [1.82, 2.24) is 0 Å². The van der Waals surface area contributed by atoms with Crippen LogP contribution in [0.1, 0.15) is 38.7 Å². The second-order valence-corrected chi connectivity index (χ2v) is 8.34. The molecule has 0 aromatic heterocycles. The van der Waals surface area contributed by atoms with E-state index < -0.39 is 6.10 Å². The summed E-state index contributed by atoms with van der Waals surface area (Å²) in [4.78, 5) is 6.00. The minimum atomic E-state index is -0.472. The van der Waals surface area contributed by atoms with Gasteiger partial charge in [-0.15, -0.1) is 0 Å². The maximum absolute atomic E-state index is 10.5. The lowest BCUT2D eigenvalue weighted by Crippen LogP contribution is -3.20. The van der Waals surface area contributed by atoms with E-state index in [0.29, 0.717) is 30.2 Å². The number of benzene rings is 2. The average molecular weight is 428 g/mol. The highest BCUT2D eigenvalue weighted by Crippen LogP contribution is 2.27. The fraction of sp³-hybridized carbons (Fsp3) is 0.480. The Hall–Kier alpha value is -2.57. The van der Waals surface area contributed by atoms with Gasteiger partial charge in [-0.1, -0.05) is 0 Å². The van der Waals surface area contributed by atoms with Crippen molar-refractivity contribution < 1.29 is 24.2 Å². The van der Waals surface area contributed by atoms with Gasteiger partial charge in [0.2, 0.25) is 0 Å². The van der Waals surface area contributed by atoms with Crippen LogP contribution < -0.4 is 19.1 Å². The number of nitrogens with one attached hydrogen (secondary N) is 1. The minimum absolute atomic E-state index is 0.303. The molecule has 0 aliphatic carbocycles. The Morgan fingerprint density at radius 2 is 1.71 bits per heavy atom. The van der Waals surface area contributed by atoms with Crippen LogP contribution in [0, 0.1) is 0 Å². The summed E-state index contributed by atoms with van der Waals surface area (Å²) in [6, 6.07) is 14.4. The van der Waals surface area contributed by atoms with E-state index in [-0.39, 0.29) is 0 Å². The zero-order chi connectivity index (χ0) is 22.2. The number of ether oxygens (including phenoxy) is 3. The van der Waals surface area contributed by atoms with Gasteiger partial charge >= 0.3 is 0 Å². The van der Waals surface area contributed by atoms with Gasteiger partial charge in [-0.25, -0.2) is 0 Å². The maximum Gasteiger partial charge on any atom is 0.161 e. The van der Waals surface area contributed by atoms with Crippen molar-refractivity contribution >= 4 is 11.9 Å². The molecule has 3 rings (SSSR count). The van der Waals surface area contributed by atoms with Gasteiger partial charge in [0.1, 0.15) is 25.0 Å². The molecular weight excluding hydrogens is 392 g/mol. The highest BCUT2D eigenvalue weighted by Gasteiger charge is 2.30. The van der Waals surface area contributed by atoms with Crippen molar-refractivity contribution in [1.29, 1.82) is 0 Å². The molecule has 3 atom stereocenters. The van der Waals surface area contributed by atoms with Crippen molar-refractivity contribution in [3.05, 3.63) is 48.0 Å². The molecule has 2 aromatic carbocycles. The third-order valence-electron chi connectivity index (χ3n) is 6.06. The lowest BCUT2D eigenvalue weighted by molar-refractivity contribution is -0.954. The van der Waals surface area contributed by atoms with Gasteiger partial charge in [-0.05, 0) is 81.1 Å². The standard InChI is InChI=1S/C25H34N2O4/c1-18-6-5-7-19(2)27(18)16-22(28)17-31-23-11-9-21(10-12-23)26-15-20-8-13-24(29-3)25(14-20)30-4/h8-15,18-19,22,28H,5-7,16-17H2,1-4H3/p+1/t18-,19-,22-/m0/s1. The number of nitrogens with zero attached hydrogens (tertiary/aromatic N) is 1. The number of quaternary nitrogens is 1. The number of aliphatic hydroxyl groups is 1. The van der Waals surface area contributed by atoms with Crippen molar-refractivity contribution in [2.45, 2.75) is 51.3 Å². The van der Waals surface area contributed by atoms with Crippen molar-refractivity contribution in [2.75, 3.05) is 27.4 Å². The van der Waals surface area contributed by atoms with Gasteiger partial charge in [0, 0.05) is 6.21 Å². The summed E-state index contributed by atoms with van der Waals surface area (Å²) in [5.41, 5.74) is 1.74. The molecule has 1 saturated heterocycles. The van der Waals surface area contributed by atoms with E-state index in [1.54, 1.807) is 20.4 Å². The van der Waals surface area contributed by atoms with Crippen LogP contribution in [0.3, 0.4) is 0 Å². The van der Waals surface area contributed by atoms with Crippen LogP contribution in [-0.4, -0.2) is 56.9 Å². The van der Waals surface area contributed by atoms with E-state index >= 15 is 0 Å². The van der Waals surface area contributed by atoms with Crippen LogP contribution in [0.2, 0.25) is 0 Å². The highest BCUT2D eigenvalue weighted by molar-refractivity contribution is 5.83. The van der Waals surface area contributed by atoms with Gasteiger partial charge in [-0.3, -0.25) is 4.99 Å². The molecule has 2 N–H and O–H groups in total. The highest BCUT2D eigenvalue weighted by atomic mass is 16.5. The SMILES string of the molecule is COc1ccc(C=Nc2ccc(OC[C@@H](O)C[NH+]3[C@@H](C)CCC[C@@H]3C)cc2)cc1OC. The number of aliphatic hydroxyl groups excluding tert-OH is 1. The van der Waals surface area contributed by atoms with Crippen LogP contribution in [-0.2, 0) is 0 Å². The van der Waals surface area contributed by atoms with E-state index in [1.807, 2.05) is 42.5 Å². The number of hydrogen-bond donors (Lipinski definition) is 2. The van der Waals surface area contributed by atoms with Crippen LogP contribution in [0.4, 0.5) is 5.69 Å². The average Bonchev–Trinajstić information content (AvgIpc) is 2.79. The molecule has 0 radical (unpaired) electrons. The topological polar surface area (TPSA) is 64.7 Å². The first-order valence-electron chi connectivity index (χ1n) is 11.0. The third kappa shape index (κ3) is 6.45. The molecule has 1 aliphatic heterocycles. The van der Waals surface area contributed by atoms with Gasteiger partial charge < -0.3 is 24.2 Å². The molecule has 0 amide bonds. The largest absolute Gasteiger partial charge is 0.493 e. The molecule has 6 heteroatoms. The normalized spacial score (nSPS) is 20.5. The van der Waals surface area contributed by atoms with Crippen LogP contribution in [0.15, 0.2) is 47.5 Å². The third-order valence-corrected chi connectivity index (χ3v) is 6.06. The number of hydrogen-bond acceptors (Lipinski definition) is 5. The Labute approximate surface area is 185 Å². The Bertz CT molecular complexity index is 843. The number of likely N-dealkylation sites (tertiary alicyclic amines) is 1. The summed E-state index contributed by atoms with van der Waals surface area (Å²) < 4.78 is 16.4. The van der Waals surface area contributed by atoms with Gasteiger partial charge in [0.25, 0.3) is 0 Å². The summed E-state index contributed by atoms with van der Waals surface area (Å²) in [7, 11) is 3.23. The lowest BCUT2D eigenvalue weighted by Gasteiger charge is -2.36. The maximum atomic E-state index is 10.5. The van der Waals surface area contributed by atoms with Crippen molar-refractivity contribution in [3.8, 4) is 17.2 Å². The van der Waals surface area contributed by atoms with E-state index in [1.165, 1.54) is 24.2 Å². The molecule has 0 unspecified atom stereocenters. The molecule has 168 valence electrons. The number of methoxy groups -OCH3 is 2. The zero-order valence-corrected chi connectivity index (χ0v) is 19.0. The van der Waals surface area contributed by atoms with Gasteiger partial charge in [-0.2, -0.15) is 0 Å². The molecule has 0 spiro atoms. The molecule has 1 heterocycles. The quantitative estimate of drug-likeness (QED) is 0.604. The lowest BCUT2D eigenvalue weighted by atomic mass is 9.97. The molecule has 1 aliphatic rings. The van der Waals surface area contributed by atoms with Crippen LogP contribution in [0.5, 0.6) is 17.2 Å². The molecule has 31 heavy (non-hydrogen) atoms. The summed E-state index contributed by atoms with van der Waals surface area (Å²) in [5.74, 6) is 2.09. The van der Waals surface area contributed by atoms with Gasteiger partial charge in [0.05, 0.1) is 32.0 Å². The molecule has 2 aromatic rings. The summed E-state index contributed by atoms with van der Waals surface area (Å²) in [6.45, 7) is 5.59. The molecular formula is C25H35N2O4+. The van der Waals surface area contributed by atoms with E-state index in [0.717, 1.165) is 23.5 Å². The Morgan fingerprint density at radius 3 is 2.35 bits per heavy atom. The number of piperidine rings is 1. The van der Waals surface area contributed by atoms with E-state index in [2.05, 4.69) is 18.8 Å². The van der Waals surface area contributed by atoms with Gasteiger partial charge in [0.15, 0.2) is 11.5 Å². The first-order chi connectivity index (χ1) is 15.0. The number of rotatable bonds is 9. The molecule has 1 fully saturated rings. The zero-order valence-electron chi connectivity index (χ0n) is 19.0. The Balaban J connectivity index is 1.51. The summed E-state index contributed by atoms with van der Waals surface area (Å²) in [6.07, 6.45) is 5.07. The second kappa shape index (κ2) is 11.2. The smallest absolute Gasteiger partial charge is 0.161 e. The van der Waals surface area contributed by atoms with Crippen molar-refractivity contribution in [3.63, 3.8) is 0 Å². The van der Waals surface area contributed by atoms with Crippen molar-refractivity contribution in [2.24, 2.45) is 4.99 Å². The fourth-order valence-corrected chi connectivity index (χ4v) is 4.22. The Morgan fingerprint density at radius 1 is 1.03 bits per heavy atom. The molecule has 0 bridgehead atoms. The second-order valence-electron chi connectivity index (χ2n) is 8.34. The Kier molecular flexibility index (Phi) is 8.32. The first kappa shape index (κ1) is 23.1. The summed E-state index contributed by atoms with van der Waals surface area (Å²) in [5, 5.41) is 10.5. The van der Waals surface area contributed by atoms with E-state index in [9.17, 15) is 5.11 Å². The molecule has 6 nitrogen and oxygen atoms in total. The summed E-state index contributed by atoms with van der Waals surface area (Å²) >= 11 is 0. The monoisotopic (exact) mass is 427 g/mol.